The normalized spacial score (nSPS) is 14.6. The number of alkyl halides is 1. The van der Waals surface area contributed by atoms with Crippen LogP contribution in [0.1, 0.15) is 36.7 Å². The maximum Gasteiger partial charge on any atom is 0.169 e. The van der Waals surface area contributed by atoms with E-state index in [9.17, 15) is 0 Å². The molecule has 1 heterocycles. The van der Waals surface area contributed by atoms with Gasteiger partial charge in [-0.1, -0.05) is 28.1 Å². The van der Waals surface area contributed by atoms with E-state index in [0.29, 0.717) is 5.82 Å². The molecule has 0 aliphatic rings. The third-order valence-corrected chi connectivity index (χ3v) is 3.32. The van der Waals surface area contributed by atoms with Crippen LogP contribution in [0.2, 0.25) is 0 Å². The molecule has 1 aromatic heterocycles. The monoisotopic (exact) mass is 314 g/mol. The number of hydrogen-bond donors (Lipinski definition) is 0. The summed E-state index contributed by atoms with van der Waals surface area (Å²) < 4.78 is 2.80. The van der Waals surface area contributed by atoms with Crippen LogP contribution in [0.15, 0.2) is 28.7 Å². The van der Waals surface area contributed by atoms with E-state index in [1.165, 1.54) is 0 Å². The van der Waals surface area contributed by atoms with Gasteiger partial charge in [-0.2, -0.15) is 0 Å². The number of benzene rings is 1. The zero-order chi connectivity index (χ0) is 12.4. The molecule has 0 radical (unpaired) electrons. The second-order valence-corrected chi connectivity index (χ2v) is 5.40. The summed E-state index contributed by atoms with van der Waals surface area (Å²) in [5.41, 5.74) is 1.14. The molecule has 90 valence electrons. The first-order chi connectivity index (χ1) is 8.09. The zero-order valence-corrected chi connectivity index (χ0v) is 11.9. The average Bonchev–Trinajstić information content (AvgIpc) is 2.78. The van der Waals surface area contributed by atoms with Gasteiger partial charge in [0.05, 0.1) is 11.4 Å². The van der Waals surface area contributed by atoms with Crippen molar-refractivity contribution in [2.24, 2.45) is 0 Å². The lowest BCUT2D eigenvalue weighted by Crippen LogP contribution is -2.12. The lowest BCUT2D eigenvalue weighted by molar-refractivity contribution is 0.520. The van der Waals surface area contributed by atoms with E-state index in [0.717, 1.165) is 10.0 Å². The van der Waals surface area contributed by atoms with Crippen molar-refractivity contribution in [3.05, 3.63) is 40.1 Å². The molecule has 2 aromatic rings. The highest BCUT2D eigenvalue weighted by atomic mass is 79.9. The molecule has 0 bridgehead atoms. The fraction of sp³-hybridized carbons (Fsp3) is 0.364. The quantitative estimate of drug-likeness (QED) is 0.816. The minimum atomic E-state index is -0.206. The number of rotatable bonds is 3. The molecular weight excluding hydrogens is 304 g/mol. The zero-order valence-electron chi connectivity index (χ0n) is 9.51. The minimum Gasteiger partial charge on any atom is -0.221 e. The van der Waals surface area contributed by atoms with Crippen molar-refractivity contribution in [1.29, 1.82) is 0 Å². The Morgan fingerprint density at radius 1 is 1.24 bits per heavy atom. The molecule has 0 saturated carbocycles. The van der Waals surface area contributed by atoms with Crippen LogP contribution >= 0.6 is 27.5 Å². The highest BCUT2D eigenvalue weighted by Gasteiger charge is 2.17. The Morgan fingerprint density at radius 3 is 2.47 bits per heavy atom. The van der Waals surface area contributed by atoms with Crippen LogP contribution in [0.5, 0.6) is 0 Å². The van der Waals surface area contributed by atoms with Crippen molar-refractivity contribution in [2.45, 2.75) is 25.3 Å². The Bertz CT molecular complexity index is 494. The van der Waals surface area contributed by atoms with E-state index < -0.39 is 0 Å². The van der Waals surface area contributed by atoms with E-state index in [2.05, 4.69) is 31.5 Å². The van der Waals surface area contributed by atoms with E-state index >= 15 is 0 Å². The van der Waals surface area contributed by atoms with Gasteiger partial charge in [0, 0.05) is 4.47 Å². The van der Waals surface area contributed by atoms with Gasteiger partial charge < -0.3 is 0 Å². The number of tetrazole rings is 1. The molecule has 6 heteroatoms. The lowest BCUT2D eigenvalue weighted by Gasteiger charge is -2.14. The van der Waals surface area contributed by atoms with E-state index in [-0.39, 0.29) is 11.4 Å². The van der Waals surface area contributed by atoms with Crippen LogP contribution in [-0.4, -0.2) is 20.2 Å². The van der Waals surface area contributed by atoms with Gasteiger partial charge in [0.15, 0.2) is 5.82 Å². The summed E-state index contributed by atoms with van der Waals surface area (Å²) in [6, 6.07) is 8.15. The van der Waals surface area contributed by atoms with Crippen molar-refractivity contribution in [1.82, 2.24) is 20.2 Å². The van der Waals surface area contributed by atoms with Gasteiger partial charge in [-0.15, -0.1) is 16.7 Å². The Balaban J connectivity index is 2.33. The molecule has 1 aromatic carbocycles. The summed E-state index contributed by atoms with van der Waals surface area (Å²) in [5.74, 6) is 0.682. The van der Waals surface area contributed by atoms with Crippen LogP contribution in [-0.2, 0) is 0 Å². The smallest absolute Gasteiger partial charge is 0.169 e. The topological polar surface area (TPSA) is 43.6 Å². The summed E-state index contributed by atoms with van der Waals surface area (Å²) in [5, 5.41) is 11.4. The van der Waals surface area contributed by atoms with Gasteiger partial charge in [-0.3, -0.25) is 0 Å². The summed E-state index contributed by atoms with van der Waals surface area (Å²) in [7, 11) is 0. The van der Waals surface area contributed by atoms with Gasteiger partial charge in [-0.05, 0) is 42.0 Å². The summed E-state index contributed by atoms with van der Waals surface area (Å²) >= 11 is 9.45. The molecule has 4 nitrogen and oxygen atoms in total. The summed E-state index contributed by atoms with van der Waals surface area (Å²) in [6.45, 7) is 3.90. The third kappa shape index (κ3) is 2.66. The Labute approximate surface area is 113 Å². The van der Waals surface area contributed by atoms with E-state index in [1.54, 1.807) is 4.68 Å². The second-order valence-electron chi connectivity index (χ2n) is 3.83. The van der Waals surface area contributed by atoms with Gasteiger partial charge in [0.25, 0.3) is 0 Å². The van der Waals surface area contributed by atoms with Crippen LogP contribution < -0.4 is 0 Å². The minimum absolute atomic E-state index is 0.0642. The molecule has 0 amide bonds. The second kappa shape index (κ2) is 5.14. The predicted octanol–water partition coefficient (Wildman–Crippen LogP) is 3.34. The van der Waals surface area contributed by atoms with E-state index in [4.69, 9.17) is 11.6 Å². The van der Waals surface area contributed by atoms with Crippen molar-refractivity contribution < 1.29 is 0 Å². The van der Waals surface area contributed by atoms with Crippen molar-refractivity contribution in [2.75, 3.05) is 0 Å². The van der Waals surface area contributed by atoms with Gasteiger partial charge in [0.1, 0.15) is 0 Å². The first-order valence-electron chi connectivity index (χ1n) is 5.27. The standard InChI is InChI=1S/C11H12BrClN4/c1-7(13)11-14-15-16-17(11)8(2)9-3-5-10(12)6-4-9/h3-8H,1-2H3. The number of nitrogens with zero attached hydrogens (tertiary/aromatic N) is 4. The van der Waals surface area contributed by atoms with Gasteiger partial charge in [0.2, 0.25) is 0 Å². The Morgan fingerprint density at radius 2 is 1.88 bits per heavy atom. The van der Waals surface area contributed by atoms with Crippen LogP contribution in [0, 0.1) is 0 Å². The first-order valence-corrected chi connectivity index (χ1v) is 6.50. The summed E-state index contributed by atoms with van der Waals surface area (Å²) in [4.78, 5) is 0. The Hall–Kier alpha value is -0.940. The molecule has 0 aliphatic heterocycles. The molecular formula is C11H12BrClN4. The molecule has 2 rings (SSSR count). The number of hydrogen-bond acceptors (Lipinski definition) is 3. The summed E-state index contributed by atoms with van der Waals surface area (Å²) in [6.07, 6.45) is 0. The first kappa shape index (κ1) is 12.5. The highest BCUT2D eigenvalue weighted by molar-refractivity contribution is 9.10. The fourth-order valence-electron chi connectivity index (χ4n) is 1.62. The third-order valence-electron chi connectivity index (χ3n) is 2.59. The van der Waals surface area contributed by atoms with Crippen molar-refractivity contribution in [3.63, 3.8) is 0 Å². The molecule has 0 aliphatic carbocycles. The maximum atomic E-state index is 6.04. The lowest BCUT2D eigenvalue weighted by atomic mass is 10.1. The number of aromatic nitrogens is 4. The van der Waals surface area contributed by atoms with Gasteiger partial charge >= 0.3 is 0 Å². The molecule has 17 heavy (non-hydrogen) atoms. The van der Waals surface area contributed by atoms with Crippen LogP contribution in [0.3, 0.4) is 0 Å². The van der Waals surface area contributed by atoms with Crippen LogP contribution in [0.25, 0.3) is 0 Å². The predicted molar refractivity (Wildman–Crippen MR) is 70.0 cm³/mol. The molecule has 2 atom stereocenters. The SMILES string of the molecule is CC(Cl)c1nnnn1C(C)c1ccc(Br)cc1. The van der Waals surface area contributed by atoms with Crippen LogP contribution in [0.4, 0.5) is 0 Å². The van der Waals surface area contributed by atoms with Gasteiger partial charge in [-0.25, -0.2) is 4.68 Å². The molecule has 0 saturated heterocycles. The van der Waals surface area contributed by atoms with Crippen molar-refractivity contribution >= 4 is 27.5 Å². The molecule has 0 spiro atoms. The maximum absolute atomic E-state index is 6.04. The Kier molecular flexibility index (Phi) is 3.79. The fourth-order valence-corrected chi connectivity index (χ4v) is 2.03. The number of halogens is 2. The molecule has 0 N–H and O–H groups in total. The highest BCUT2D eigenvalue weighted by Crippen LogP contribution is 2.24. The molecule has 0 fully saturated rings. The molecule has 2 unspecified atom stereocenters. The van der Waals surface area contributed by atoms with Crippen molar-refractivity contribution in [3.8, 4) is 0 Å². The van der Waals surface area contributed by atoms with E-state index in [1.807, 2.05) is 38.1 Å². The largest absolute Gasteiger partial charge is 0.221 e. The average molecular weight is 316 g/mol.